The van der Waals surface area contributed by atoms with Gasteiger partial charge in [-0.15, -0.1) is 0 Å². The van der Waals surface area contributed by atoms with Crippen LogP contribution in [0.4, 0.5) is 18.9 Å². The van der Waals surface area contributed by atoms with Crippen LogP contribution in [0.5, 0.6) is 11.5 Å². The Morgan fingerprint density at radius 1 is 1.00 bits per heavy atom. The SMILES string of the molecule is COC(=O)c1c(F)c(F)c(Oc2ccc(C)cc2)c(F)c1N1CCCC1. The summed E-state index contributed by atoms with van der Waals surface area (Å²) in [6.45, 7) is 2.70. The quantitative estimate of drug-likeness (QED) is 0.587. The van der Waals surface area contributed by atoms with Crippen molar-refractivity contribution < 1.29 is 27.4 Å². The monoisotopic (exact) mass is 365 g/mol. The molecule has 2 aromatic carbocycles. The van der Waals surface area contributed by atoms with Crippen LogP contribution < -0.4 is 9.64 Å². The highest BCUT2D eigenvalue weighted by molar-refractivity contribution is 5.97. The molecule has 26 heavy (non-hydrogen) atoms. The number of hydrogen-bond acceptors (Lipinski definition) is 4. The molecule has 0 atom stereocenters. The summed E-state index contributed by atoms with van der Waals surface area (Å²) >= 11 is 0. The van der Waals surface area contributed by atoms with Gasteiger partial charge in [0.05, 0.1) is 12.8 Å². The maximum absolute atomic E-state index is 15.1. The third-order valence-corrected chi connectivity index (χ3v) is 4.31. The van der Waals surface area contributed by atoms with Crippen LogP contribution in [-0.2, 0) is 4.74 Å². The number of carbonyl (C=O) groups is 1. The van der Waals surface area contributed by atoms with E-state index in [9.17, 15) is 13.6 Å². The first-order valence-electron chi connectivity index (χ1n) is 8.22. The van der Waals surface area contributed by atoms with E-state index in [1.807, 2.05) is 6.92 Å². The highest BCUT2D eigenvalue weighted by atomic mass is 19.2. The van der Waals surface area contributed by atoms with Crippen molar-refractivity contribution in [3.8, 4) is 11.5 Å². The first-order valence-corrected chi connectivity index (χ1v) is 8.22. The molecule has 138 valence electrons. The largest absolute Gasteiger partial charge is 0.465 e. The maximum Gasteiger partial charge on any atom is 0.343 e. The maximum atomic E-state index is 15.1. The number of methoxy groups -OCH3 is 1. The molecule has 3 rings (SSSR count). The van der Waals surface area contributed by atoms with Gasteiger partial charge in [0.1, 0.15) is 11.3 Å². The van der Waals surface area contributed by atoms with E-state index in [1.54, 1.807) is 12.1 Å². The predicted molar refractivity (Wildman–Crippen MR) is 90.4 cm³/mol. The van der Waals surface area contributed by atoms with Crippen LogP contribution in [0, 0.1) is 24.4 Å². The fraction of sp³-hybridized carbons (Fsp3) is 0.316. The van der Waals surface area contributed by atoms with Crippen LogP contribution in [-0.4, -0.2) is 26.2 Å². The molecule has 0 N–H and O–H groups in total. The number of carbonyl (C=O) groups excluding carboxylic acids is 1. The van der Waals surface area contributed by atoms with Crippen LogP contribution in [0.15, 0.2) is 24.3 Å². The minimum absolute atomic E-state index is 0.158. The minimum Gasteiger partial charge on any atom is -0.465 e. The van der Waals surface area contributed by atoms with Crippen molar-refractivity contribution in [3.63, 3.8) is 0 Å². The van der Waals surface area contributed by atoms with Gasteiger partial charge < -0.3 is 14.4 Å². The summed E-state index contributed by atoms with van der Waals surface area (Å²) in [5.41, 5.74) is -0.140. The molecule has 0 amide bonds. The lowest BCUT2D eigenvalue weighted by molar-refractivity contribution is 0.0594. The Labute approximate surface area is 149 Å². The molecule has 0 aliphatic carbocycles. The highest BCUT2D eigenvalue weighted by Crippen LogP contribution is 2.40. The van der Waals surface area contributed by atoms with Gasteiger partial charge in [0, 0.05) is 13.1 Å². The lowest BCUT2D eigenvalue weighted by Crippen LogP contribution is -2.24. The summed E-state index contributed by atoms with van der Waals surface area (Å²) in [5, 5.41) is 0. The Bertz CT molecular complexity index is 831. The van der Waals surface area contributed by atoms with Crippen molar-refractivity contribution in [2.75, 3.05) is 25.1 Å². The van der Waals surface area contributed by atoms with Crippen LogP contribution in [0.3, 0.4) is 0 Å². The fourth-order valence-electron chi connectivity index (χ4n) is 2.97. The lowest BCUT2D eigenvalue weighted by atomic mass is 10.1. The summed E-state index contributed by atoms with van der Waals surface area (Å²) in [6, 6.07) is 6.45. The molecule has 1 saturated heterocycles. The van der Waals surface area contributed by atoms with Crippen molar-refractivity contribution in [1.82, 2.24) is 0 Å². The Balaban J connectivity index is 2.15. The Morgan fingerprint density at radius 2 is 1.62 bits per heavy atom. The van der Waals surface area contributed by atoms with E-state index in [0.29, 0.717) is 13.1 Å². The van der Waals surface area contributed by atoms with Crippen molar-refractivity contribution in [3.05, 3.63) is 52.8 Å². The van der Waals surface area contributed by atoms with Gasteiger partial charge in [0.2, 0.25) is 11.6 Å². The topological polar surface area (TPSA) is 38.8 Å². The van der Waals surface area contributed by atoms with Gasteiger partial charge in [-0.25, -0.2) is 13.6 Å². The minimum atomic E-state index is -1.56. The Kier molecular flexibility index (Phi) is 5.06. The molecule has 0 unspecified atom stereocenters. The molecule has 0 aromatic heterocycles. The van der Waals surface area contributed by atoms with E-state index in [0.717, 1.165) is 25.5 Å². The first kappa shape index (κ1) is 18.1. The zero-order chi connectivity index (χ0) is 18.8. The second-order valence-corrected chi connectivity index (χ2v) is 6.10. The number of halogens is 3. The first-order chi connectivity index (χ1) is 12.4. The average Bonchev–Trinajstić information content (AvgIpc) is 3.16. The molecular weight excluding hydrogens is 347 g/mol. The van der Waals surface area contributed by atoms with E-state index in [4.69, 9.17) is 4.74 Å². The van der Waals surface area contributed by atoms with Crippen LogP contribution in [0.1, 0.15) is 28.8 Å². The summed E-state index contributed by atoms with van der Waals surface area (Å²) in [4.78, 5) is 13.5. The highest BCUT2D eigenvalue weighted by Gasteiger charge is 2.34. The molecule has 0 bridgehead atoms. The number of hydrogen-bond donors (Lipinski definition) is 0. The standard InChI is InChI=1S/C19H18F3NO3/c1-11-5-7-12(8-6-11)26-18-15(21)14(20)13(19(24)25-2)17(16(18)22)23-9-3-4-10-23/h5-8H,3-4,9-10H2,1-2H3. The molecule has 1 aliphatic heterocycles. The molecule has 1 heterocycles. The number of ether oxygens (including phenoxy) is 2. The van der Waals surface area contributed by atoms with Gasteiger partial charge in [0.25, 0.3) is 0 Å². The van der Waals surface area contributed by atoms with E-state index >= 15 is 4.39 Å². The molecule has 0 saturated carbocycles. The van der Waals surface area contributed by atoms with E-state index < -0.39 is 34.7 Å². The van der Waals surface area contributed by atoms with Crippen LogP contribution >= 0.6 is 0 Å². The normalized spacial score (nSPS) is 13.8. The lowest BCUT2D eigenvalue weighted by Gasteiger charge is -2.23. The zero-order valence-corrected chi connectivity index (χ0v) is 14.4. The van der Waals surface area contributed by atoms with Gasteiger partial charge in [-0.3, -0.25) is 0 Å². The van der Waals surface area contributed by atoms with Crippen LogP contribution in [0.2, 0.25) is 0 Å². The molecule has 0 spiro atoms. The second-order valence-electron chi connectivity index (χ2n) is 6.10. The molecule has 7 heteroatoms. The van der Waals surface area contributed by atoms with E-state index in [1.165, 1.54) is 17.0 Å². The molecule has 1 aliphatic rings. The number of esters is 1. The summed E-state index contributed by atoms with van der Waals surface area (Å²) in [7, 11) is 1.03. The number of benzene rings is 2. The molecule has 4 nitrogen and oxygen atoms in total. The van der Waals surface area contributed by atoms with Gasteiger partial charge in [-0.2, -0.15) is 4.39 Å². The van der Waals surface area contributed by atoms with Crippen molar-refractivity contribution in [2.45, 2.75) is 19.8 Å². The Morgan fingerprint density at radius 3 is 2.19 bits per heavy atom. The smallest absolute Gasteiger partial charge is 0.343 e. The average molecular weight is 365 g/mol. The Hall–Kier alpha value is -2.70. The number of rotatable bonds is 4. The summed E-state index contributed by atoms with van der Waals surface area (Å²) in [6.07, 6.45) is 1.51. The number of nitrogens with zero attached hydrogens (tertiary/aromatic N) is 1. The zero-order valence-electron chi connectivity index (χ0n) is 14.4. The van der Waals surface area contributed by atoms with Crippen LogP contribution in [0.25, 0.3) is 0 Å². The van der Waals surface area contributed by atoms with Crippen molar-refractivity contribution in [2.24, 2.45) is 0 Å². The number of aryl methyl sites for hydroxylation is 1. The molecule has 0 radical (unpaired) electrons. The van der Waals surface area contributed by atoms with Gasteiger partial charge in [0.15, 0.2) is 11.6 Å². The summed E-state index contributed by atoms with van der Waals surface area (Å²) in [5.74, 6) is -6.02. The fourth-order valence-corrected chi connectivity index (χ4v) is 2.97. The van der Waals surface area contributed by atoms with E-state index in [2.05, 4.69) is 4.74 Å². The second kappa shape index (κ2) is 7.27. The predicted octanol–water partition coefficient (Wildman–Crippen LogP) is 4.59. The third-order valence-electron chi connectivity index (χ3n) is 4.31. The number of anilines is 1. The van der Waals surface area contributed by atoms with Crippen molar-refractivity contribution in [1.29, 1.82) is 0 Å². The molecule has 2 aromatic rings. The third kappa shape index (κ3) is 3.21. The summed E-state index contributed by atoms with van der Waals surface area (Å²) < 4.78 is 54.0. The van der Waals surface area contributed by atoms with Crippen molar-refractivity contribution >= 4 is 11.7 Å². The van der Waals surface area contributed by atoms with E-state index in [-0.39, 0.29) is 11.4 Å². The van der Waals surface area contributed by atoms with Gasteiger partial charge in [-0.05, 0) is 31.9 Å². The molecule has 1 fully saturated rings. The molecular formula is C19H18F3NO3. The van der Waals surface area contributed by atoms with Gasteiger partial charge in [-0.1, -0.05) is 17.7 Å². The van der Waals surface area contributed by atoms with Gasteiger partial charge >= 0.3 is 5.97 Å².